The highest BCUT2D eigenvalue weighted by Crippen LogP contribution is 2.09. The van der Waals surface area contributed by atoms with Gasteiger partial charge < -0.3 is 14.6 Å². The van der Waals surface area contributed by atoms with E-state index in [-0.39, 0.29) is 11.8 Å². The average molecular weight is 258 g/mol. The highest BCUT2D eigenvalue weighted by Gasteiger charge is 2.21. The molecule has 0 spiro atoms. The van der Waals surface area contributed by atoms with Gasteiger partial charge >= 0.3 is 0 Å². The summed E-state index contributed by atoms with van der Waals surface area (Å²) in [7, 11) is 0. The summed E-state index contributed by atoms with van der Waals surface area (Å²) >= 11 is 0. The first kappa shape index (κ1) is 11.7. The number of hydrogen-bond donors (Lipinski definition) is 1. The van der Waals surface area contributed by atoms with Crippen molar-refractivity contribution in [3.8, 4) is 0 Å². The van der Waals surface area contributed by atoms with Crippen LogP contribution in [0.4, 0.5) is 0 Å². The van der Waals surface area contributed by atoms with Gasteiger partial charge in [-0.05, 0) is 12.1 Å². The Morgan fingerprint density at radius 3 is 3.05 bits per heavy atom. The van der Waals surface area contributed by atoms with Crippen LogP contribution < -0.4 is 5.32 Å². The quantitative estimate of drug-likeness (QED) is 0.800. The van der Waals surface area contributed by atoms with Gasteiger partial charge in [-0.15, -0.1) is 0 Å². The first-order valence-corrected chi connectivity index (χ1v) is 6.24. The van der Waals surface area contributed by atoms with Gasteiger partial charge in [-0.2, -0.15) is 0 Å². The molecule has 1 aliphatic heterocycles. The molecular weight excluding hydrogens is 244 g/mol. The van der Waals surface area contributed by atoms with E-state index >= 15 is 0 Å². The zero-order valence-electron chi connectivity index (χ0n) is 10.4. The summed E-state index contributed by atoms with van der Waals surface area (Å²) in [6, 6.07) is 5.62. The fraction of sp³-hybridized carbons (Fsp3) is 0.308. The maximum Gasteiger partial charge on any atom is 0.274 e. The summed E-state index contributed by atoms with van der Waals surface area (Å²) in [5, 5.41) is 2.75. The Balaban J connectivity index is 1.84. The molecule has 2 aromatic heterocycles. The zero-order chi connectivity index (χ0) is 13.2. The van der Waals surface area contributed by atoms with Crippen LogP contribution in [0, 0.1) is 0 Å². The Labute approximate surface area is 110 Å². The first-order chi connectivity index (χ1) is 9.24. The summed E-state index contributed by atoms with van der Waals surface area (Å²) in [4.78, 5) is 29.6. The van der Waals surface area contributed by atoms with E-state index < -0.39 is 0 Å². The number of carbonyl (C=O) groups is 2. The van der Waals surface area contributed by atoms with Crippen LogP contribution in [0.2, 0.25) is 0 Å². The molecule has 98 valence electrons. The smallest absolute Gasteiger partial charge is 0.274 e. The van der Waals surface area contributed by atoms with Gasteiger partial charge in [0.05, 0.1) is 0 Å². The van der Waals surface area contributed by atoms with E-state index in [1.54, 1.807) is 11.1 Å². The highest BCUT2D eigenvalue weighted by atomic mass is 16.2. The van der Waals surface area contributed by atoms with Gasteiger partial charge in [-0.3, -0.25) is 9.59 Å². The van der Waals surface area contributed by atoms with E-state index in [1.165, 1.54) is 0 Å². The SMILES string of the molecule is O=C1CCN(C(=O)c2cn3ccccc3n2)CCN1. The molecule has 6 heteroatoms. The number of imidazole rings is 1. The fourth-order valence-corrected chi connectivity index (χ4v) is 2.17. The largest absolute Gasteiger partial charge is 0.354 e. The molecule has 19 heavy (non-hydrogen) atoms. The molecule has 0 bridgehead atoms. The van der Waals surface area contributed by atoms with Crippen LogP contribution in [0.25, 0.3) is 5.65 Å². The third-order valence-corrected chi connectivity index (χ3v) is 3.18. The van der Waals surface area contributed by atoms with Crippen molar-refractivity contribution < 1.29 is 9.59 Å². The molecule has 1 N–H and O–H groups in total. The predicted octanol–water partition coefficient (Wildman–Crippen LogP) is 0.296. The zero-order valence-corrected chi connectivity index (χ0v) is 10.4. The summed E-state index contributed by atoms with van der Waals surface area (Å²) in [6.07, 6.45) is 3.92. The fourth-order valence-electron chi connectivity index (χ4n) is 2.17. The van der Waals surface area contributed by atoms with Gasteiger partial charge in [0, 0.05) is 38.4 Å². The lowest BCUT2D eigenvalue weighted by molar-refractivity contribution is -0.120. The Kier molecular flexibility index (Phi) is 2.91. The van der Waals surface area contributed by atoms with Crippen LogP contribution >= 0.6 is 0 Å². The molecule has 0 atom stereocenters. The number of rotatable bonds is 1. The maximum atomic E-state index is 12.3. The van der Waals surface area contributed by atoms with E-state index in [0.29, 0.717) is 31.7 Å². The molecule has 3 heterocycles. The maximum absolute atomic E-state index is 12.3. The second kappa shape index (κ2) is 4.72. The van der Waals surface area contributed by atoms with Crippen molar-refractivity contribution in [1.29, 1.82) is 0 Å². The van der Waals surface area contributed by atoms with Crippen molar-refractivity contribution in [1.82, 2.24) is 19.6 Å². The molecule has 0 radical (unpaired) electrons. The van der Waals surface area contributed by atoms with Crippen LogP contribution in [0.1, 0.15) is 16.9 Å². The number of fused-ring (bicyclic) bond motifs is 1. The van der Waals surface area contributed by atoms with Crippen LogP contribution in [0.5, 0.6) is 0 Å². The van der Waals surface area contributed by atoms with E-state index in [2.05, 4.69) is 10.3 Å². The number of nitrogens with zero attached hydrogens (tertiary/aromatic N) is 3. The number of nitrogens with one attached hydrogen (secondary N) is 1. The number of carbonyl (C=O) groups excluding carboxylic acids is 2. The van der Waals surface area contributed by atoms with Crippen molar-refractivity contribution in [2.75, 3.05) is 19.6 Å². The number of aromatic nitrogens is 2. The highest BCUT2D eigenvalue weighted by molar-refractivity contribution is 5.93. The van der Waals surface area contributed by atoms with Crippen molar-refractivity contribution >= 4 is 17.5 Å². The Hall–Kier alpha value is -2.37. The van der Waals surface area contributed by atoms with E-state index in [9.17, 15) is 9.59 Å². The van der Waals surface area contributed by atoms with E-state index in [4.69, 9.17) is 0 Å². The molecule has 2 aromatic rings. The molecule has 1 fully saturated rings. The van der Waals surface area contributed by atoms with Gasteiger partial charge in [-0.1, -0.05) is 6.07 Å². The Morgan fingerprint density at radius 2 is 2.21 bits per heavy atom. The second-order valence-corrected chi connectivity index (χ2v) is 4.48. The Morgan fingerprint density at radius 1 is 1.32 bits per heavy atom. The normalized spacial score (nSPS) is 16.2. The molecule has 3 rings (SSSR count). The summed E-state index contributed by atoms with van der Waals surface area (Å²) in [5.74, 6) is -0.134. The topological polar surface area (TPSA) is 66.7 Å². The first-order valence-electron chi connectivity index (χ1n) is 6.24. The molecular formula is C13H14N4O2. The number of amides is 2. The van der Waals surface area contributed by atoms with Crippen LogP contribution in [0.15, 0.2) is 30.6 Å². The van der Waals surface area contributed by atoms with Gasteiger partial charge in [0.15, 0.2) is 0 Å². The lowest BCUT2D eigenvalue weighted by atomic mass is 10.3. The summed E-state index contributed by atoms with van der Waals surface area (Å²) in [5.41, 5.74) is 1.16. The standard InChI is InChI=1S/C13H14N4O2/c18-12-4-7-16(8-5-14-12)13(19)10-9-17-6-2-1-3-11(17)15-10/h1-3,6,9H,4-5,7-8H2,(H,14,18). The van der Waals surface area contributed by atoms with Gasteiger partial charge in [0.2, 0.25) is 5.91 Å². The minimum Gasteiger partial charge on any atom is -0.354 e. The lowest BCUT2D eigenvalue weighted by Crippen LogP contribution is -2.34. The molecule has 0 aromatic carbocycles. The summed E-state index contributed by atoms with van der Waals surface area (Å²) in [6.45, 7) is 1.47. The van der Waals surface area contributed by atoms with Crippen molar-refractivity contribution in [2.45, 2.75) is 6.42 Å². The average Bonchev–Trinajstić information content (AvgIpc) is 2.74. The van der Waals surface area contributed by atoms with Crippen molar-refractivity contribution in [3.63, 3.8) is 0 Å². The van der Waals surface area contributed by atoms with Crippen molar-refractivity contribution in [3.05, 3.63) is 36.3 Å². The molecule has 0 aliphatic carbocycles. The molecule has 6 nitrogen and oxygen atoms in total. The second-order valence-electron chi connectivity index (χ2n) is 4.48. The molecule has 0 saturated carbocycles. The molecule has 2 amide bonds. The van der Waals surface area contributed by atoms with E-state index in [1.807, 2.05) is 28.8 Å². The summed E-state index contributed by atoms with van der Waals surface area (Å²) < 4.78 is 1.81. The third-order valence-electron chi connectivity index (χ3n) is 3.18. The third kappa shape index (κ3) is 2.29. The minimum absolute atomic E-state index is 0.00898. The van der Waals surface area contributed by atoms with Crippen LogP contribution in [-0.4, -0.2) is 45.7 Å². The monoisotopic (exact) mass is 258 g/mol. The Bertz CT molecular complexity index is 601. The molecule has 1 saturated heterocycles. The predicted molar refractivity (Wildman–Crippen MR) is 68.7 cm³/mol. The minimum atomic E-state index is -0.125. The lowest BCUT2D eigenvalue weighted by Gasteiger charge is -2.17. The van der Waals surface area contributed by atoms with Crippen LogP contribution in [-0.2, 0) is 4.79 Å². The van der Waals surface area contributed by atoms with Gasteiger partial charge in [0.25, 0.3) is 5.91 Å². The van der Waals surface area contributed by atoms with Crippen molar-refractivity contribution in [2.24, 2.45) is 0 Å². The molecule has 1 aliphatic rings. The van der Waals surface area contributed by atoms with Crippen LogP contribution in [0.3, 0.4) is 0 Å². The number of pyridine rings is 1. The van der Waals surface area contributed by atoms with E-state index in [0.717, 1.165) is 5.65 Å². The van der Waals surface area contributed by atoms with Gasteiger partial charge in [-0.25, -0.2) is 4.98 Å². The number of hydrogen-bond acceptors (Lipinski definition) is 3. The van der Waals surface area contributed by atoms with Gasteiger partial charge in [0.1, 0.15) is 11.3 Å². The molecule has 0 unspecified atom stereocenters.